The van der Waals surface area contributed by atoms with Gasteiger partial charge in [0.2, 0.25) is 0 Å². The molecule has 5 heteroatoms. The number of hydrogen-bond acceptors (Lipinski definition) is 2. The zero-order valence-corrected chi connectivity index (χ0v) is 19.4. The zero-order valence-electron chi connectivity index (χ0n) is 17.0. The Morgan fingerprint density at radius 3 is 2.43 bits per heavy atom. The predicted molar refractivity (Wildman–Crippen MR) is 129 cm³/mol. The van der Waals surface area contributed by atoms with Crippen molar-refractivity contribution in [3.8, 4) is 0 Å². The molecule has 0 aromatic heterocycles. The van der Waals surface area contributed by atoms with Gasteiger partial charge in [-0.2, -0.15) is 0 Å². The van der Waals surface area contributed by atoms with Crippen molar-refractivity contribution in [2.75, 3.05) is 19.6 Å². The van der Waals surface area contributed by atoms with E-state index in [2.05, 4.69) is 84.0 Å². The Morgan fingerprint density at radius 1 is 1.04 bits per heavy atom. The van der Waals surface area contributed by atoms with Crippen molar-refractivity contribution in [1.82, 2.24) is 15.5 Å². The molecule has 28 heavy (non-hydrogen) atoms. The highest BCUT2D eigenvalue weighted by atomic mass is 127. The average Bonchev–Trinajstić information content (AvgIpc) is 2.69. The first-order valence-corrected chi connectivity index (χ1v) is 10.1. The van der Waals surface area contributed by atoms with E-state index in [0.29, 0.717) is 12.6 Å². The molecule has 4 nitrogen and oxygen atoms in total. The average molecular weight is 492 g/mol. The van der Waals surface area contributed by atoms with Gasteiger partial charge >= 0.3 is 0 Å². The number of hydrogen-bond donors (Lipinski definition) is 2. The molecule has 1 heterocycles. The normalized spacial score (nSPS) is 15.7. The van der Waals surface area contributed by atoms with E-state index >= 15 is 0 Å². The molecule has 2 N–H and O–H groups in total. The number of nitrogens with zero attached hydrogens (tertiary/aromatic N) is 2. The van der Waals surface area contributed by atoms with E-state index in [1.165, 1.54) is 16.7 Å². The third-order valence-electron chi connectivity index (χ3n) is 5.02. The summed E-state index contributed by atoms with van der Waals surface area (Å²) in [6.07, 6.45) is 2.31. The molecule has 152 valence electrons. The molecule has 2 aromatic carbocycles. The second-order valence-corrected chi connectivity index (χ2v) is 7.36. The topological polar surface area (TPSA) is 39.7 Å². The maximum absolute atomic E-state index is 4.79. The standard InChI is InChI=1S/C23H32N4.HI/c1-3-24-23(25-17-21-11-7-8-19(2)16-21)26-22-12-14-27(15-13-22)18-20-9-5-4-6-10-20;/h4-11,16,22H,3,12-15,17-18H2,1-2H3,(H2,24,25,26);1H. The van der Waals surface area contributed by atoms with Crippen LogP contribution >= 0.6 is 24.0 Å². The summed E-state index contributed by atoms with van der Waals surface area (Å²) in [5, 5.41) is 7.03. The van der Waals surface area contributed by atoms with Gasteiger partial charge in [-0.05, 0) is 37.8 Å². The number of rotatable bonds is 6. The Kier molecular flexibility index (Phi) is 9.78. The fraction of sp³-hybridized carbons (Fsp3) is 0.435. The molecule has 0 bridgehead atoms. The molecule has 1 fully saturated rings. The van der Waals surface area contributed by atoms with E-state index in [4.69, 9.17) is 4.99 Å². The number of guanidine groups is 1. The summed E-state index contributed by atoms with van der Waals surface area (Å²) in [6, 6.07) is 19.8. The lowest BCUT2D eigenvalue weighted by Gasteiger charge is -2.33. The Morgan fingerprint density at radius 2 is 1.75 bits per heavy atom. The summed E-state index contributed by atoms with van der Waals surface area (Å²) in [4.78, 5) is 7.33. The van der Waals surface area contributed by atoms with Gasteiger partial charge in [0.15, 0.2) is 5.96 Å². The summed E-state index contributed by atoms with van der Waals surface area (Å²) >= 11 is 0. The molecular formula is C23H33IN4. The van der Waals surface area contributed by atoms with Gasteiger partial charge in [0, 0.05) is 32.2 Å². The van der Waals surface area contributed by atoms with E-state index in [9.17, 15) is 0 Å². The van der Waals surface area contributed by atoms with Gasteiger partial charge in [-0.25, -0.2) is 4.99 Å². The van der Waals surface area contributed by atoms with Gasteiger partial charge < -0.3 is 10.6 Å². The second-order valence-electron chi connectivity index (χ2n) is 7.36. The van der Waals surface area contributed by atoms with E-state index in [0.717, 1.165) is 45.0 Å². The van der Waals surface area contributed by atoms with Crippen LogP contribution in [0.1, 0.15) is 36.5 Å². The van der Waals surface area contributed by atoms with Crippen LogP contribution in [-0.4, -0.2) is 36.5 Å². The SMILES string of the molecule is CCNC(=NCc1cccc(C)c1)NC1CCN(Cc2ccccc2)CC1.I. The highest BCUT2D eigenvalue weighted by molar-refractivity contribution is 14.0. The van der Waals surface area contributed by atoms with Crippen molar-refractivity contribution in [3.63, 3.8) is 0 Å². The Hall–Kier alpha value is -1.60. The predicted octanol–water partition coefficient (Wildman–Crippen LogP) is 4.33. The largest absolute Gasteiger partial charge is 0.357 e. The number of halogens is 1. The van der Waals surface area contributed by atoms with Crippen molar-refractivity contribution in [1.29, 1.82) is 0 Å². The van der Waals surface area contributed by atoms with Gasteiger partial charge in [0.05, 0.1) is 6.54 Å². The molecule has 1 saturated heterocycles. The third-order valence-corrected chi connectivity index (χ3v) is 5.02. The molecule has 0 aliphatic carbocycles. The van der Waals surface area contributed by atoms with Crippen molar-refractivity contribution >= 4 is 29.9 Å². The van der Waals surface area contributed by atoms with Gasteiger partial charge in [0.1, 0.15) is 0 Å². The molecule has 1 aliphatic rings. The van der Waals surface area contributed by atoms with Gasteiger partial charge in [-0.1, -0.05) is 60.2 Å². The lowest BCUT2D eigenvalue weighted by Crippen LogP contribution is -2.48. The van der Waals surface area contributed by atoms with Crippen molar-refractivity contribution < 1.29 is 0 Å². The van der Waals surface area contributed by atoms with Crippen LogP contribution in [0.3, 0.4) is 0 Å². The second kappa shape index (κ2) is 12.1. The first-order chi connectivity index (χ1) is 13.2. The number of aryl methyl sites for hydroxylation is 1. The fourth-order valence-electron chi connectivity index (χ4n) is 3.57. The maximum atomic E-state index is 4.79. The number of nitrogens with one attached hydrogen (secondary N) is 2. The van der Waals surface area contributed by atoms with Crippen LogP contribution in [0.4, 0.5) is 0 Å². The Balaban J connectivity index is 0.00000280. The molecule has 0 unspecified atom stereocenters. The van der Waals surface area contributed by atoms with Crippen LogP contribution in [0, 0.1) is 6.92 Å². The molecule has 1 aliphatic heterocycles. The minimum Gasteiger partial charge on any atom is -0.357 e. The number of benzene rings is 2. The highest BCUT2D eigenvalue weighted by Gasteiger charge is 2.20. The molecule has 0 amide bonds. The lowest BCUT2D eigenvalue weighted by molar-refractivity contribution is 0.198. The number of likely N-dealkylation sites (tertiary alicyclic amines) is 1. The smallest absolute Gasteiger partial charge is 0.191 e. The summed E-state index contributed by atoms with van der Waals surface area (Å²) in [5.41, 5.74) is 3.94. The third kappa shape index (κ3) is 7.43. The maximum Gasteiger partial charge on any atom is 0.191 e. The summed E-state index contributed by atoms with van der Waals surface area (Å²) in [5.74, 6) is 0.931. The molecule has 0 atom stereocenters. The minimum absolute atomic E-state index is 0. The zero-order chi connectivity index (χ0) is 18.9. The summed E-state index contributed by atoms with van der Waals surface area (Å²) < 4.78 is 0. The molecular weight excluding hydrogens is 459 g/mol. The minimum atomic E-state index is 0. The number of aliphatic imine (C=N–C) groups is 1. The summed E-state index contributed by atoms with van der Waals surface area (Å²) in [6.45, 7) is 9.14. The van der Waals surface area contributed by atoms with Crippen LogP contribution < -0.4 is 10.6 Å². The van der Waals surface area contributed by atoms with E-state index in [1.54, 1.807) is 0 Å². The van der Waals surface area contributed by atoms with Crippen molar-refractivity contribution in [3.05, 3.63) is 71.3 Å². The van der Waals surface area contributed by atoms with Crippen LogP contribution in [-0.2, 0) is 13.1 Å². The van der Waals surface area contributed by atoms with Gasteiger partial charge in [-0.15, -0.1) is 24.0 Å². The van der Waals surface area contributed by atoms with E-state index < -0.39 is 0 Å². The quantitative estimate of drug-likeness (QED) is 0.358. The molecule has 3 rings (SSSR count). The van der Waals surface area contributed by atoms with Crippen LogP contribution in [0.25, 0.3) is 0 Å². The van der Waals surface area contributed by atoms with Gasteiger partial charge in [0.25, 0.3) is 0 Å². The van der Waals surface area contributed by atoms with Crippen molar-refractivity contribution in [2.45, 2.75) is 45.8 Å². The summed E-state index contributed by atoms with van der Waals surface area (Å²) in [7, 11) is 0. The molecule has 0 spiro atoms. The van der Waals surface area contributed by atoms with E-state index in [1.807, 2.05) is 0 Å². The van der Waals surface area contributed by atoms with Crippen LogP contribution in [0.15, 0.2) is 59.6 Å². The first-order valence-electron chi connectivity index (χ1n) is 10.1. The molecule has 0 saturated carbocycles. The monoisotopic (exact) mass is 492 g/mol. The highest BCUT2D eigenvalue weighted by Crippen LogP contribution is 2.14. The van der Waals surface area contributed by atoms with Crippen LogP contribution in [0.2, 0.25) is 0 Å². The molecule has 2 aromatic rings. The molecule has 0 radical (unpaired) electrons. The fourth-order valence-corrected chi connectivity index (χ4v) is 3.57. The van der Waals surface area contributed by atoms with Crippen LogP contribution in [0.5, 0.6) is 0 Å². The number of piperidine rings is 1. The first kappa shape index (κ1) is 22.7. The van der Waals surface area contributed by atoms with Gasteiger partial charge in [-0.3, -0.25) is 4.90 Å². The Bertz CT molecular complexity index is 724. The van der Waals surface area contributed by atoms with E-state index in [-0.39, 0.29) is 24.0 Å². The van der Waals surface area contributed by atoms with Crippen molar-refractivity contribution in [2.24, 2.45) is 4.99 Å². The lowest BCUT2D eigenvalue weighted by atomic mass is 10.0. The Labute approximate surface area is 186 Å².